The Balaban J connectivity index is 2.39. The summed E-state index contributed by atoms with van der Waals surface area (Å²) in [5.74, 6) is -0.0459. The molecule has 0 fully saturated rings. The van der Waals surface area contributed by atoms with Gasteiger partial charge in [0, 0.05) is 20.7 Å². The highest BCUT2D eigenvalue weighted by Gasteiger charge is 2.28. The number of esters is 1. The van der Waals surface area contributed by atoms with Crippen LogP contribution in [0.15, 0.2) is 29.1 Å². The monoisotopic (exact) mass is 404 g/mol. The normalized spacial score (nSPS) is 11.9. The minimum atomic E-state index is -0.517. The van der Waals surface area contributed by atoms with Crippen molar-refractivity contribution in [3.05, 3.63) is 40.4 Å². The number of hydrogen-bond acceptors (Lipinski definition) is 6. The molecule has 1 unspecified atom stereocenters. The Morgan fingerprint density at radius 1 is 1.28 bits per heavy atom. The summed E-state index contributed by atoms with van der Waals surface area (Å²) in [7, 11) is 3.18. The molecule has 0 saturated carbocycles. The first-order chi connectivity index (χ1) is 13.9. The average Bonchev–Trinajstić information content (AvgIpc) is 2.72. The molecule has 0 spiro atoms. The molecule has 9 heteroatoms. The fourth-order valence-corrected chi connectivity index (χ4v) is 3.13. The molecular weight excluding hydrogens is 376 g/mol. The highest BCUT2D eigenvalue weighted by Crippen LogP contribution is 2.23. The highest BCUT2D eigenvalue weighted by molar-refractivity contribution is 5.81. The second kappa shape index (κ2) is 10.6. The Hall–Kier alpha value is -2.94. The van der Waals surface area contributed by atoms with Gasteiger partial charge in [0.05, 0.1) is 30.2 Å². The van der Waals surface area contributed by atoms with E-state index in [2.05, 4.69) is 10.3 Å². The van der Waals surface area contributed by atoms with Gasteiger partial charge in [-0.2, -0.15) is 0 Å². The lowest BCUT2D eigenvalue weighted by molar-refractivity contribution is -0.141. The molecule has 9 nitrogen and oxygen atoms in total. The Kier molecular flexibility index (Phi) is 8.14. The third-order valence-corrected chi connectivity index (χ3v) is 4.57. The molecule has 29 heavy (non-hydrogen) atoms. The van der Waals surface area contributed by atoms with Gasteiger partial charge in [0.2, 0.25) is 0 Å². The van der Waals surface area contributed by atoms with Gasteiger partial charge in [-0.3, -0.25) is 14.2 Å². The summed E-state index contributed by atoms with van der Waals surface area (Å²) >= 11 is 0. The van der Waals surface area contributed by atoms with Crippen LogP contribution in [0.2, 0.25) is 0 Å². The molecule has 1 aromatic heterocycles. The zero-order valence-electron chi connectivity index (χ0n) is 17.3. The van der Waals surface area contributed by atoms with Crippen molar-refractivity contribution >= 4 is 22.9 Å². The number of nitrogens with zero attached hydrogens (tertiary/aromatic N) is 3. The van der Waals surface area contributed by atoms with Gasteiger partial charge in [-0.1, -0.05) is 19.1 Å². The molecule has 0 aliphatic carbocycles. The second-order valence-corrected chi connectivity index (χ2v) is 6.43. The molecule has 0 radical (unpaired) electrons. The fourth-order valence-electron chi connectivity index (χ4n) is 3.13. The van der Waals surface area contributed by atoms with Gasteiger partial charge < -0.3 is 19.7 Å². The largest absolute Gasteiger partial charge is 0.465 e. The van der Waals surface area contributed by atoms with Crippen LogP contribution in [0.25, 0.3) is 10.9 Å². The molecular formula is C20H28N4O5. The Labute approximate surface area is 169 Å². The maximum atomic E-state index is 12.8. The number of nitrogens with one attached hydrogen (secondary N) is 1. The van der Waals surface area contributed by atoms with E-state index in [0.29, 0.717) is 29.8 Å². The summed E-state index contributed by atoms with van der Waals surface area (Å²) in [5, 5.41) is 3.09. The molecule has 1 heterocycles. The van der Waals surface area contributed by atoms with Crippen molar-refractivity contribution < 1.29 is 19.1 Å². The Morgan fingerprint density at radius 2 is 2.00 bits per heavy atom. The zero-order valence-corrected chi connectivity index (χ0v) is 17.3. The fraction of sp³-hybridized carbons (Fsp3) is 0.500. The quantitative estimate of drug-likeness (QED) is 0.637. The molecule has 0 aliphatic rings. The van der Waals surface area contributed by atoms with E-state index in [1.54, 1.807) is 39.3 Å². The van der Waals surface area contributed by atoms with Crippen LogP contribution in [0, 0.1) is 0 Å². The highest BCUT2D eigenvalue weighted by atomic mass is 16.5. The molecule has 1 N–H and O–H groups in total. The van der Waals surface area contributed by atoms with Crippen LogP contribution in [-0.4, -0.2) is 59.9 Å². The number of hydrogen-bond donors (Lipinski definition) is 1. The van der Waals surface area contributed by atoms with Gasteiger partial charge in [0.15, 0.2) is 0 Å². The lowest BCUT2D eigenvalue weighted by atomic mass is 10.1. The van der Waals surface area contributed by atoms with Crippen LogP contribution in [0.3, 0.4) is 0 Å². The van der Waals surface area contributed by atoms with Gasteiger partial charge in [0.25, 0.3) is 5.56 Å². The lowest BCUT2D eigenvalue weighted by Gasteiger charge is -2.31. The van der Waals surface area contributed by atoms with Crippen LogP contribution in [-0.2, 0) is 21.3 Å². The van der Waals surface area contributed by atoms with Crippen LogP contribution in [0.5, 0.6) is 0 Å². The van der Waals surface area contributed by atoms with Gasteiger partial charge in [-0.15, -0.1) is 0 Å². The van der Waals surface area contributed by atoms with E-state index in [1.165, 1.54) is 9.47 Å². The number of carbonyl (C=O) groups is 2. The van der Waals surface area contributed by atoms with Crippen LogP contribution in [0.4, 0.5) is 4.79 Å². The Bertz CT molecular complexity index is 911. The van der Waals surface area contributed by atoms with E-state index >= 15 is 0 Å². The third kappa shape index (κ3) is 5.32. The first-order valence-electron chi connectivity index (χ1n) is 9.59. The van der Waals surface area contributed by atoms with Gasteiger partial charge in [-0.05, 0) is 25.5 Å². The maximum Gasteiger partial charge on any atom is 0.325 e. The molecule has 1 atom stereocenters. The summed E-state index contributed by atoms with van der Waals surface area (Å²) in [6, 6.07) is 6.17. The number of urea groups is 1. The minimum absolute atomic E-state index is 0.178. The number of aromatic nitrogens is 2. The summed E-state index contributed by atoms with van der Waals surface area (Å²) in [5.41, 5.74) is 0.394. The molecule has 1 aromatic carbocycles. The van der Waals surface area contributed by atoms with E-state index in [-0.39, 0.29) is 25.3 Å². The SMILES string of the molecule is CCOC(=O)CNC(=O)N(CCOC)C(CC)c1nc2ccccc2c(=O)n1C. The number of amides is 2. The predicted octanol–water partition coefficient (Wildman–Crippen LogP) is 1.61. The van der Waals surface area contributed by atoms with Crippen molar-refractivity contribution in [2.75, 3.05) is 33.4 Å². The van der Waals surface area contributed by atoms with E-state index in [9.17, 15) is 14.4 Å². The number of carbonyl (C=O) groups excluding carboxylic acids is 2. The van der Waals surface area contributed by atoms with E-state index in [0.717, 1.165) is 0 Å². The van der Waals surface area contributed by atoms with Crippen molar-refractivity contribution in [3.63, 3.8) is 0 Å². The summed E-state index contributed by atoms with van der Waals surface area (Å²) in [6.07, 6.45) is 0.523. The van der Waals surface area contributed by atoms with Crippen molar-refractivity contribution in [2.45, 2.75) is 26.3 Å². The minimum Gasteiger partial charge on any atom is -0.465 e. The Morgan fingerprint density at radius 3 is 2.66 bits per heavy atom. The molecule has 2 rings (SSSR count). The van der Waals surface area contributed by atoms with Crippen LogP contribution < -0.4 is 10.9 Å². The topological polar surface area (TPSA) is 103 Å². The van der Waals surface area contributed by atoms with E-state index in [1.807, 2.05) is 13.0 Å². The molecule has 0 saturated heterocycles. The number of rotatable bonds is 9. The molecule has 2 aromatic rings. The van der Waals surface area contributed by atoms with Crippen molar-refractivity contribution in [1.29, 1.82) is 0 Å². The number of fused-ring (bicyclic) bond motifs is 1. The van der Waals surface area contributed by atoms with Gasteiger partial charge in [0.1, 0.15) is 12.4 Å². The molecule has 0 aliphatic heterocycles. The van der Waals surface area contributed by atoms with Crippen LogP contribution >= 0.6 is 0 Å². The predicted molar refractivity (Wildman–Crippen MR) is 109 cm³/mol. The number of methoxy groups -OCH3 is 1. The summed E-state index contributed by atoms with van der Waals surface area (Å²) < 4.78 is 11.5. The van der Waals surface area contributed by atoms with Crippen molar-refractivity contribution in [3.8, 4) is 0 Å². The van der Waals surface area contributed by atoms with E-state index < -0.39 is 18.0 Å². The average molecular weight is 404 g/mol. The molecule has 0 bridgehead atoms. The first-order valence-corrected chi connectivity index (χ1v) is 9.59. The van der Waals surface area contributed by atoms with Crippen LogP contribution in [0.1, 0.15) is 32.1 Å². The summed E-state index contributed by atoms with van der Waals surface area (Å²) in [4.78, 5) is 43.4. The number of benzene rings is 1. The van der Waals surface area contributed by atoms with Gasteiger partial charge >= 0.3 is 12.0 Å². The standard InChI is InChI=1S/C20H28N4O5/c1-5-16(18-22-15-10-8-7-9-14(15)19(26)23(18)3)24(11-12-28-4)20(27)21-13-17(25)29-6-2/h7-10,16H,5-6,11-13H2,1-4H3,(H,21,27). The first kappa shape index (κ1) is 22.4. The molecule has 2 amide bonds. The van der Waals surface area contributed by atoms with Crippen molar-refractivity contribution in [1.82, 2.24) is 19.8 Å². The van der Waals surface area contributed by atoms with Crippen molar-refractivity contribution in [2.24, 2.45) is 7.05 Å². The van der Waals surface area contributed by atoms with Gasteiger partial charge in [-0.25, -0.2) is 9.78 Å². The lowest BCUT2D eigenvalue weighted by Crippen LogP contribution is -2.46. The maximum absolute atomic E-state index is 12.8. The number of ether oxygens (including phenoxy) is 2. The zero-order chi connectivity index (χ0) is 21.4. The smallest absolute Gasteiger partial charge is 0.325 e. The number of para-hydroxylation sites is 1. The third-order valence-electron chi connectivity index (χ3n) is 4.57. The second-order valence-electron chi connectivity index (χ2n) is 6.43. The molecule has 158 valence electrons. The van der Waals surface area contributed by atoms with E-state index in [4.69, 9.17) is 9.47 Å². The summed E-state index contributed by atoms with van der Waals surface area (Å²) in [6.45, 7) is 4.17.